The van der Waals surface area contributed by atoms with Crippen LogP contribution >= 0.6 is 0 Å². The van der Waals surface area contributed by atoms with Crippen molar-refractivity contribution >= 4 is 0 Å². The molecule has 20 heavy (non-hydrogen) atoms. The van der Waals surface area contributed by atoms with E-state index in [2.05, 4.69) is 29.2 Å². The molecule has 1 N–H and O–H groups in total. The Morgan fingerprint density at radius 3 is 2.80 bits per heavy atom. The van der Waals surface area contributed by atoms with Crippen LogP contribution in [0.5, 0.6) is 0 Å². The van der Waals surface area contributed by atoms with Crippen LogP contribution in [-0.2, 0) is 18.3 Å². The molecule has 0 aromatic carbocycles. The van der Waals surface area contributed by atoms with Crippen LogP contribution in [0, 0.1) is 13.8 Å². The number of aryl methyl sites for hydroxylation is 2. The summed E-state index contributed by atoms with van der Waals surface area (Å²) in [7, 11) is 3.79. The second-order valence-electron chi connectivity index (χ2n) is 5.79. The summed E-state index contributed by atoms with van der Waals surface area (Å²) in [5.74, 6) is 0. The molecule has 2 rings (SSSR count). The molecule has 1 aliphatic rings. The molecule has 5 nitrogen and oxygen atoms in total. The first-order valence-electron chi connectivity index (χ1n) is 7.55. The summed E-state index contributed by atoms with van der Waals surface area (Å²) in [4.78, 5) is 2.49. The van der Waals surface area contributed by atoms with Crippen molar-refractivity contribution in [3.63, 3.8) is 0 Å². The summed E-state index contributed by atoms with van der Waals surface area (Å²) < 4.78 is 7.24. The molecule has 1 aromatic rings. The van der Waals surface area contributed by atoms with Gasteiger partial charge in [0.1, 0.15) is 0 Å². The molecular weight excluding hydrogens is 252 g/mol. The minimum atomic E-state index is 0.629. The number of ether oxygens (including phenoxy) is 1. The van der Waals surface area contributed by atoms with Crippen LogP contribution in [0.15, 0.2) is 0 Å². The van der Waals surface area contributed by atoms with Crippen LogP contribution in [-0.4, -0.2) is 54.1 Å². The highest BCUT2D eigenvalue weighted by Crippen LogP contribution is 2.16. The normalized spacial score (nSPS) is 19.1. The first-order chi connectivity index (χ1) is 9.61. The Kier molecular flexibility index (Phi) is 5.57. The number of methoxy groups -OCH3 is 1. The Bertz CT molecular complexity index is 424. The van der Waals surface area contributed by atoms with E-state index in [1.807, 2.05) is 11.7 Å². The van der Waals surface area contributed by atoms with Crippen molar-refractivity contribution in [2.45, 2.75) is 39.3 Å². The van der Waals surface area contributed by atoms with Gasteiger partial charge < -0.3 is 10.1 Å². The maximum Gasteiger partial charge on any atom is 0.0641 e. The Morgan fingerprint density at radius 2 is 2.25 bits per heavy atom. The third kappa shape index (κ3) is 3.81. The quantitative estimate of drug-likeness (QED) is 0.816. The summed E-state index contributed by atoms with van der Waals surface area (Å²) in [6.07, 6.45) is 2.59. The first-order valence-corrected chi connectivity index (χ1v) is 7.55. The van der Waals surface area contributed by atoms with Crippen molar-refractivity contribution in [1.29, 1.82) is 0 Å². The standard InChI is InChI=1S/C15H28N4O/c1-12-15(13(2)18(3)17-12)11-19(8-9-20-4)10-14-6-5-7-16-14/h14,16H,5-11H2,1-4H3. The van der Waals surface area contributed by atoms with Crippen LogP contribution < -0.4 is 5.32 Å². The lowest BCUT2D eigenvalue weighted by atomic mass is 10.1. The van der Waals surface area contributed by atoms with Gasteiger partial charge in [-0.2, -0.15) is 5.10 Å². The van der Waals surface area contributed by atoms with Gasteiger partial charge in [0.15, 0.2) is 0 Å². The molecule has 0 aliphatic carbocycles. The Morgan fingerprint density at radius 1 is 1.45 bits per heavy atom. The Balaban J connectivity index is 2.01. The van der Waals surface area contributed by atoms with Crippen LogP contribution in [0.3, 0.4) is 0 Å². The van der Waals surface area contributed by atoms with Gasteiger partial charge in [-0.25, -0.2) is 0 Å². The minimum Gasteiger partial charge on any atom is -0.383 e. The average Bonchev–Trinajstić information content (AvgIpc) is 3.00. The summed E-state index contributed by atoms with van der Waals surface area (Å²) >= 11 is 0. The van der Waals surface area contributed by atoms with Gasteiger partial charge in [-0.1, -0.05) is 0 Å². The maximum absolute atomic E-state index is 5.26. The molecule has 0 radical (unpaired) electrons. The zero-order valence-electron chi connectivity index (χ0n) is 13.3. The zero-order valence-corrected chi connectivity index (χ0v) is 13.3. The average molecular weight is 280 g/mol. The molecule has 1 unspecified atom stereocenters. The first kappa shape index (κ1) is 15.5. The molecule has 0 saturated carbocycles. The lowest BCUT2D eigenvalue weighted by Crippen LogP contribution is -2.39. The fourth-order valence-electron chi connectivity index (χ4n) is 2.95. The Hall–Kier alpha value is -0.910. The van der Waals surface area contributed by atoms with E-state index in [1.54, 1.807) is 7.11 Å². The predicted octanol–water partition coefficient (Wildman–Crippen LogP) is 1.24. The fourth-order valence-corrected chi connectivity index (χ4v) is 2.95. The molecule has 1 saturated heterocycles. The molecule has 0 amide bonds. The molecule has 5 heteroatoms. The third-order valence-corrected chi connectivity index (χ3v) is 4.29. The van der Waals surface area contributed by atoms with E-state index in [1.165, 1.54) is 24.1 Å². The predicted molar refractivity (Wildman–Crippen MR) is 80.9 cm³/mol. The van der Waals surface area contributed by atoms with Gasteiger partial charge in [-0.15, -0.1) is 0 Å². The lowest BCUT2D eigenvalue weighted by molar-refractivity contribution is 0.138. The van der Waals surface area contributed by atoms with Crippen molar-refractivity contribution in [2.24, 2.45) is 7.05 Å². The zero-order chi connectivity index (χ0) is 14.5. The smallest absolute Gasteiger partial charge is 0.0641 e. The SMILES string of the molecule is COCCN(Cc1c(C)nn(C)c1C)CC1CCCN1. The summed E-state index contributed by atoms with van der Waals surface area (Å²) in [6, 6.07) is 0.629. The van der Waals surface area contributed by atoms with Gasteiger partial charge in [0, 0.05) is 51.1 Å². The van der Waals surface area contributed by atoms with Gasteiger partial charge in [-0.3, -0.25) is 9.58 Å². The Labute approximate surface area is 122 Å². The van der Waals surface area contributed by atoms with Crippen LogP contribution in [0.4, 0.5) is 0 Å². The molecule has 0 spiro atoms. The van der Waals surface area contributed by atoms with Crippen LogP contribution in [0.1, 0.15) is 29.8 Å². The molecule has 1 fully saturated rings. The van der Waals surface area contributed by atoms with E-state index in [4.69, 9.17) is 4.74 Å². The second-order valence-corrected chi connectivity index (χ2v) is 5.79. The molecule has 1 atom stereocenters. The highest BCUT2D eigenvalue weighted by atomic mass is 16.5. The number of aromatic nitrogens is 2. The number of hydrogen-bond donors (Lipinski definition) is 1. The highest BCUT2D eigenvalue weighted by molar-refractivity contribution is 5.24. The van der Waals surface area contributed by atoms with Gasteiger partial charge in [0.2, 0.25) is 0 Å². The molecule has 2 heterocycles. The molecule has 0 bridgehead atoms. The molecule has 1 aliphatic heterocycles. The second kappa shape index (κ2) is 7.20. The van der Waals surface area contributed by atoms with E-state index in [-0.39, 0.29) is 0 Å². The summed E-state index contributed by atoms with van der Waals surface area (Å²) in [5.41, 5.74) is 3.78. The van der Waals surface area contributed by atoms with Gasteiger partial charge >= 0.3 is 0 Å². The van der Waals surface area contributed by atoms with E-state index in [0.29, 0.717) is 6.04 Å². The maximum atomic E-state index is 5.26. The van der Waals surface area contributed by atoms with Crippen LogP contribution in [0.2, 0.25) is 0 Å². The molecule has 1 aromatic heterocycles. The molecule has 114 valence electrons. The van der Waals surface area contributed by atoms with E-state index in [0.717, 1.165) is 38.5 Å². The number of hydrogen-bond acceptors (Lipinski definition) is 4. The monoisotopic (exact) mass is 280 g/mol. The van der Waals surface area contributed by atoms with Gasteiger partial charge in [-0.05, 0) is 33.2 Å². The van der Waals surface area contributed by atoms with Gasteiger partial charge in [0.05, 0.1) is 12.3 Å². The summed E-state index contributed by atoms with van der Waals surface area (Å²) in [5, 5.41) is 8.10. The van der Waals surface area contributed by atoms with Crippen molar-refractivity contribution < 1.29 is 4.74 Å². The fraction of sp³-hybridized carbons (Fsp3) is 0.800. The summed E-state index contributed by atoms with van der Waals surface area (Å²) in [6.45, 7) is 9.23. The highest BCUT2D eigenvalue weighted by Gasteiger charge is 2.20. The molecular formula is C15H28N4O. The van der Waals surface area contributed by atoms with Crippen molar-refractivity contribution in [1.82, 2.24) is 20.0 Å². The number of rotatable bonds is 7. The van der Waals surface area contributed by atoms with Crippen molar-refractivity contribution in [3.05, 3.63) is 17.0 Å². The number of nitrogens with zero attached hydrogens (tertiary/aromatic N) is 3. The van der Waals surface area contributed by atoms with Crippen molar-refractivity contribution in [2.75, 3.05) is 33.4 Å². The van der Waals surface area contributed by atoms with E-state index in [9.17, 15) is 0 Å². The van der Waals surface area contributed by atoms with Crippen LogP contribution in [0.25, 0.3) is 0 Å². The van der Waals surface area contributed by atoms with Gasteiger partial charge in [0.25, 0.3) is 0 Å². The topological polar surface area (TPSA) is 42.3 Å². The van der Waals surface area contributed by atoms with E-state index >= 15 is 0 Å². The van der Waals surface area contributed by atoms with E-state index < -0.39 is 0 Å². The van der Waals surface area contributed by atoms with Crippen molar-refractivity contribution in [3.8, 4) is 0 Å². The largest absolute Gasteiger partial charge is 0.383 e. The minimum absolute atomic E-state index is 0.629. The third-order valence-electron chi connectivity index (χ3n) is 4.29. The number of nitrogens with one attached hydrogen (secondary N) is 1. The lowest BCUT2D eigenvalue weighted by Gasteiger charge is -2.25.